The van der Waals surface area contributed by atoms with Crippen LogP contribution in [-0.4, -0.2) is 0 Å². The predicted molar refractivity (Wildman–Crippen MR) is 32.1 cm³/mol. The van der Waals surface area contributed by atoms with E-state index in [-0.39, 0.29) is 0 Å². The molecule has 0 radical (unpaired) electrons. The van der Waals surface area contributed by atoms with Crippen molar-refractivity contribution in [2.75, 3.05) is 0 Å². The summed E-state index contributed by atoms with van der Waals surface area (Å²) in [5.74, 6) is 0.743. The van der Waals surface area contributed by atoms with Gasteiger partial charge in [-0.25, -0.2) is 0 Å². The number of rotatable bonds is 0. The van der Waals surface area contributed by atoms with Gasteiger partial charge in [0, 0.05) is 0 Å². The highest BCUT2D eigenvalue weighted by molar-refractivity contribution is 5.22. The summed E-state index contributed by atoms with van der Waals surface area (Å²) in [6.07, 6.45) is 5.47. The molecule has 1 unspecified atom stereocenters. The Morgan fingerprint density at radius 1 is 1.86 bits per heavy atom. The Morgan fingerprint density at radius 2 is 2.57 bits per heavy atom. The molecule has 1 atom stereocenters. The molecule has 0 amide bonds. The van der Waals surface area contributed by atoms with Crippen LogP contribution in [0.2, 0.25) is 0 Å². The highest BCUT2D eigenvalue weighted by Gasteiger charge is 2.03. The third-order valence-corrected chi connectivity index (χ3v) is 1.24. The first-order valence-corrected chi connectivity index (χ1v) is 2.65. The van der Waals surface area contributed by atoms with Crippen LogP contribution in [0.1, 0.15) is 13.3 Å². The fourth-order valence-electron chi connectivity index (χ4n) is 0.850. The summed E-state index contributed by atoms with van der Waals surface area (Å²) in [7, 11) is 0. The van der Waals surface area contributed by atoms with E-state index >= 15 is 0 Å². The Morgan fingerprint density at radius 3 is 2.71 bits per heavy atom. The fourth-order valence-corrected chi connectivity index (χ4v) is 0.850. The lowest BCUT2D eigenvalue weighted by Crippen LogP contribution is -1.79. The van der Waals surface area contributed by atoms with Crippen LogP contribution >= 0.6 is 0 Å². The van der Waals surface area contributed by atoms with E-state index in [1.165, 1.54) is 12.0 Å². The minimum atomic E-state index is 0.743. The van der Waals surface area contributed by atoms with Gasteiger partial charge >= 0.3 is 0 Å². The van der Waals surface area contributed by atoms with Crippen molar-refractivity contribution in [3.05, 3.63) is 24.3 Å². The van der Waals surface area contributed by atoms with E-state index in [1.807, 2.05) is 0 Å². The van der Waals surface area contributed by atoms with Crippen LogP contribution in [0.15, 0.2) is 24.3 Å². The summed E-state index contributed by atoms with van der Waals surface area (Å²) in [5, 5.41) is 0. The van der Waals surface area contributed by atoms with Gasteiger partial charge in [-0.3, -0.25) is 0 Å². The van der Waals surface area contributed by atoms with Gasteiger partial charge < -0.3 is 0 Å². The Balaban J connectivity index is 2.58. The Hall–Kier alpha value is -0.520. The van der Waals surface area contributed by atoms with E-state index in [4.69, 9.17) is 0 Å². The molecule has 0 nitrogen and oxygen atoms in total. The van der Waals surface area contributed by atoms with Crippen LogP contribution in [0.4, 0.5) is 0 Å². The van der Waals surface area contributed by atoms with Crippen LogP contribution in [0.5, 0.6) is 0 Å². The molecule has 0 aromatic heterocycles. The zero-order valence-electron chi connectivity index (χ0n) is 4.65. The third-order valence-electron chi connectivity index (χ3n) is 1.24. The Bertz CT molecular complexity index is 109. The molecule has 0 saturated heterocycles. The second-order valence-corrected chi connectivity index (χ2v) is 2.20. The maximum absolute atomic E-state index is 3.82. The van der Waals surface area contributed by atoms with E-state index in [0.29, 0.717) is 0 Å². The third kappa shape index (κ3) is 0.923. The van der Waals surface area contributed by atoms with E-state index < -0.39 is 0 Å². The largest absolute Gasteiger partial charge is 0.0958 e. The molecule has 0 fully saturated rings. The lowest BCUT2D eigenvalue weighted by atomic mass is 10.1. The van der Waals surface area contributed by atoms with Gasteiger partial charge in [-0.1, -0.05) is 31.2 Å². The molecule has 1 rings (SSSR count). The van der Waals surface area contributed by atoms with Crippen molar-refractivity contribution < 1.29 is 0 Å². The molecular weight excluding hydrogens is 84.1 g/mol. The molecule has 0 aromatic rings. The van der Waals surface area contributed by atoms with Gasteiger partial charge in [0.25, 0.3) is 0 Å². The topological polar surface area (TPSA) is 0 Å². The smallest absolute Gasteiger partial charge is 0.0218 e. The first kappa shape index (κ1) is 4.63. The Kier molecular flexibility index (Phi) is 1.01. The van der Waals surface area contributed by atoms with E-state index in [9.17, 15) is 0 Å². The SMILES string of the molecule is C=C1C=CC(C)C1. The van der Waals surface area contributed by atoms with Crippen molar-refractivity contribution in [2.24, 2.45) is 5.92 Å². The Labute approximate surface area is 44.5 Å². The van der Waals surface area contributed by atoms with Crippen LogP contribution in [0.3, 0.4) is 0 Å². The summed E-state index contributed by atoms with van der Waals surface area (Å²) >= 11 is 0. The molecule has 0 heteroatoms. The lowest BCUT2D eigenvalue weighted by molar-refractivity contribution is 0.760. The first-order chi connectivity index (χ1) is 3.29. The van der Waals surface area contributed by atoms with Crippen LogP contribution < -0.4 is 0 Å². The summed E-state index contributed by atoms with van der Waals surface area (Å²) in [6, 6.07) is 0. The van der Waals surface area contributed by atoms with Gasteiger partial charge in [-0.2, -0.15) is 0 Å². The maximum Gasteiger partial charge on any atom is -0.0218 e. The highest BCUT2D eigenvalue weighted by atomic mass is 14.1. The average molecular weight is 94.2 g/mol. The molecule has 0 N–H and O–H groups in total. The summed E-state index contributed by atoms with van der Waals surface area (Å²) < 4.78 is 0. The van der Waals surface area contributed by atoms with E-state index in [0.717, 1.165) is 5.92 Å². The normalized spacial score (nSPS) is 29.3. The number of hydrogen-bond donors (Lipinski definition) is 0. The van der Waals surface area contributed by atoms with Crippen molar-refractivity contribution in [3.63, 3.8) is 0 Å². The molecule has 1 aliphatic rings. The van der Waals surface area contributed by atoms with Crippen LogP contribution in [-0.2, 0) is 0 Å². The highest BCUT2D eigenvalue weighted by Crippen LogP contribution is 2.19. The summed E-state index contributed by atoms with van der Waals surface area (Å²) in [6.45, 7) is 6.02. The molecule has 0 heterocycles. The monoisotopic (exact) mass is 94.1 g/mol. The molecule has 0 spiro atoms. The van der Waals surface area contributed by atoms with E-state index in [1.54, 1.807) is 0 Å². The predicted octanol–water partition coefficient (Wildman–Crippen LogP) is 2.14. The zero-order valence-corrected chi connectivity index (χ0v) is 4.65. The summed E-state index contributed by atoms with van der Waals surface area (Å²) in [4.78, 5) is 0. The molecule has 0 aliphatic heterocycles. The minimum absolute atomic E-state index is 0.743. The van der Waals surface area contributed by atoms with Gasteiger partial charge in [-0.15, -0.1) is 0 Å². The second kappa shape index (κ2) is 1.53. The van der Waals surface area contributed by atoms with Crippen molar-refractivity contribution in [1.82, 2.24) is 0 Å². The van der Waals surface area contributed by atoms with E-state index in [2.05, 4.69) is 25.7 Å². The molecular formula is C7H10. The zero-order chi connectivity index (χ0) is 5.28. The summed E-state index contributed by atoms with van der Waals surface area (Å²) in [5.41, 5.74) is 1.27. The van der Waals surface area contributed by atoms with Gasteiger partial charge in [0.1, 0.15) is 0 Å². The molecule has 7 heavy (non-hydrogen) atoms. The van der Waals surface area contributed by atoms with Crippen molar-refractivity contribution in [2.45, 2.75) is 13.3 Å². The molecule has 0 bridgehead atoms. The van der Waals surface area contributed by atoms with Gasteiger partial charge in [-0.05, 0) is 12.3 Å². The average Bonchev–Trinajstić information content (AvgIpc) is 1.87. The number of hydrogen-bond acceptors (Lipinski definition) is 0. The number of allylic oxidation sites excluding steroid dienone is 3. The lowest BCUT2D eigenvalue weighted by Gasteiger charge is -1.92. The quantitative estimate of drug-likeness (QED) is 0.431. The van der Waals surface area contributed by atoms with Gasteiger partial charge in [0.2, 0.25) is 0 Å². The minimum Gasteiger partial charge on any atom is -0.0958 e. The molecule has 0 saturated carbocycles. The molecule has 38 valence electrons. The van der Waals surface area contributed by atoms with Crippen LogP contribution in [0.25, 0.3) is 0 Å². The van der Waals surface area contributed by atoms with Gasteiger partial charge in [0.15, 0.2) is 0 Å². The molecule has 1 aliphatic carbocycles. The van der Waals surface area contributed by atoms with Crippen LogP contribution in [0, 0.1) is 5.92 Å². The van der Waals surface area contributed by atoms with Crippen molar-refractivity contribution in [3.8, 4) is 0 Å². The standard InChI is InChI=1S/C7H10/c1-6-3-4-7(2)5-6/h3-4,7H,1,5H2,2H3. The maximum atomic E-state index is 3.82. The second-order valence-electron chi connectivity index (χ2n) is 2.20. The first-order valence-electron chi connectivity index (χ1n) is 2.65. The van der Waals surface area contributed by atoms with Crippen molar-refractivity contribution >= 4 is 0 Å². The molecule has 0 aromatic carbocycles. The fraction of sp³-hybridized carbons (Fsp3) is 0.429. The van der Waals surface area contributed by atoms with Gasteiger partial charge in [0.05, 0.1) is 0 Å². The van der Waals surface area contributed by atoms with Crippen molar-refractivity contribution in [1.29, 1.82) is 0 Å².